The molecule has 0 aliphatic carbocycles. The molecule has 3 aromatic rings. The zero-order valence-corrected chi connectivity index (χ0v) is 17.9. The summed E-state index contributed by atoms with van der Waals surface area (Å²) in [5.74, 6) is 0.201. The second-order valence-corrected chi connectivity index (χ2v) is 9.55. The van der Waals surface area contributed by atoms with Crippen LogP contribution in [-0.4, -0.2) is 36.3 Å². The van der Waals surface area contributed by atoms with Crippen LogP contribution in [0.25, 0.3) is 0 Å². The molecule has 2 heterocycles. The van der Waals surface area contributed by atoms with E-state index in [1.807, 2.05) is 31.2 Å². The molecule has 0 fully saturated rings. The van der Waals surface area contributed by atoms with E-state index in [0.29, 0.717) is 23.9 Å². The molecule has 30 heavy (non-hydrogen) atoms. The number of carbonyl (C=O) groups excluding carboxylic acids is 1. The van der Waals surface area contributed by atoms with Gasteiger partial charge < -0.3 is 10.1 Å². The van der Waals surface area contributed by atoms with E-state index in [4.69, 9.17) is 4.74 Å². The van der Waals surface area contributed by atoms with E-state index in [1.54, 1.807) is 23.7 Å². The van der Waals surface area contributed by atoms with Gasteiger partial charge in [-0.05, 0) is 48.7 Å². The third kappa shape index (κ3) is 4.09. The first-order valence-electron chi connectivity index (χ1n) is 9.51. The molecule has 1 atom stereocenters. The fraction of sp³-hybridized carbons (Fsp3) is 0.238. The number of amides is 1. The molecule has 0 saturated carbocycles. The Bertz CT molecular complexity index is 1130. The van der Waals surface area contributed by atoms with E-state index in [9.17, 15) is 13.2 Å². The average Bonchev–Trinajstić information content (AvgIpc) is 3.26. The van der Waals surface area contributed by atoms with E-state index in [2.05, 4.69) is 10.3 Å². The Hall–Kier alpha value is -2.75. The van der Waals surface area contributed by atoms with Gasteiger partial charge in [-0.15, -0.1) is 11.3 Å². The minimum atomic E-state index is -3.91. The molecule has 0 bridgehead atoms. The molecule has 2 aromatic carbocycles. The zero-order chi connectivity index (χ0) is 21.1. The Labute approximate surface area is 179 Å². The van der Waals surface area contributed by atoms with Crippen molar-refractivity contribution in [3.63, 3.8) is 0 Å². The van der Waals surface area contributed by atoms with Crippen molar-refractivity contribution in [2.24, 2.45) is 0 Å². The predicted octanol–water partition coefficient (Wildman–Crippen LogP) is 3.30. The molecule has 4 rings (SSSR count). The number of hydrogen-bond acceptors (Lipinski definition) is 6. The average molecular weight is 444 g/mol. The highest BCUT2D eigenvalue weighted by atomic mass is 32.2. The van der Waals surface area contributed by atoms with Crippen molar-refractivity contribution in [2.75, 3.05) is 11.9 Å². The molecule has 1 aliphatic heterocycles. The number of ether oxygens (including phenoxy) is 1. The van der Waals surface area contributed by atoms with Gasteiger partial charge in [0.25, 0.3) is 0 Å². The largest absolute Gasteiger partial charge is 0.494 e. The Balaban J connectivity index is 1.68. The van der Waals surface area contributed by atoms with Gasteiger partial charge in [0.05, 0.1) is 11.5 Å². The number of sulfonamides is 1. The predicted molar refractivity (Wildman–Crippen MR) is 115 cm³/mol. The standard InChI is InChI=1S/C21H21N3O4S2/c1-2-28-17-7-9-18(10-8-17)30(26,27)24-14-16-6-4-3-5-15(16)13-19(24)20(25)23-21-22-11-12-29-21/h3-12,19H,2,13-14H2,1H3,(H,22,23,25)/t19-/m1/s1. The van der Waals surface area contributed by atoms with Gasteiger partial charge in [-0.3, -0.25) is 4.79 Å². The molecule has 1 N–H and O–H groups in total. The smallest absolute Gasteiger partial charge is 0.244 e. The van der Waals surface area contributed by atoms with Crippen molar-refractivity contribution >= 4 is 32.4 Å². The molecule has 1 amide bonds. The SMILES string of the molecule is CCOc1ccc(S(=O)(=O)N2Cc3ccccc3C[C@@H]2C(=O)Nc2nccs2)cc1. The monoisotopic (exact) mass is 443 g/mol. The highest BCUT2D eigenvalue weighted by Gasteiger charge is 2.39. The van der Waals surface area contributed by atoms with E-state index >= 15 is 0 Å². The van der Waals surface area contributed by atoms with Gasteiger partial charge >= 0.3 is 0 Å². The highest BCUT2D eigenvalue weighted by Crippen LogP contribution is 2.30. The van der Waals surface area contributed by atoms with Gasteiger partial charge in [0, 0.05) is 18.1 Å². The zero-order valence-electron chi connectivity index (χ0n) is 16.3. The number of rotatable bonds is 6. The second-order valence-electron chi connectivity index (χ2n) is 6.77. The lowest BCUT2D eigenvalue weighted by Gasteiger charge is -2.34. The Morgan fingerprint density at radius 2 is 1.93 bits per heavy atom. The summed E-state index contributed by atoms with van der Waals surface area (Å²) >= 11 is 1.29. The van der Waals surface area contributed by atoms with Gasteiger partial charge in [-0.25, -0.2) is 13.4 Å². The van der Waals surface area contributed by atoms with Crippen molar-refractivity contribution in [1.82, 2.24) is 9.29 Å². The lowest BCUT2D eigenvalue weighted by atomic mass is 9.95. The van der Waals surface area contributed by atoms with Crippen LogP contribution in [0, 0.1) is 0 Å². The van der Waals surface area contributed by atoms with Gasteiger partial charge in [-0.1, -0.05) is 24.3 Å². The van der Waals surface area contributed by atoms with Crippen LogP contribution in [0.1, 0.15) is 18.1 Å². The molecule has 9 heteroatoms. The highest BCUT2D eigenvalue weighted by molar-refractivity contribution is 7.89. The molecular weight excluding hydrogens is 422 g/mol. The maximum absolute atomic E-state index is 13.5. The summed E-state index contributed by atoms with van der Waals surface area (Å²) in [4.78, 5) is 17.2. The quantitative estimate of drug-likeness (QED) is 0.632. The number of aromatic nitrogens is 1. The minimum Gasteiger partial charge on any atom is -0.494 e. The summed E-state index contributed by atoms with van der Waals surface area (Å²) < 4.78 is 33.6. The first kappa shape index (κ1) is 20.5. The van der Waals surface area contributed by atoms with Crippen LogP contribution < -0.4 is 10.1 Å². The normalized spacial score (nSPS) is 16.6. The molecule has 156 valence electrons. The molecular formula is C21H21N3O4S2. The van der Waals surface area contributed by atoms with Crippen LogP contribution in [0.4, 0.5) is 5.13 Å². The first-order valence-corrected chi connectivity index (χ1v) is 11.8. The lowest BCUT2D eigenvalue weighted by molar-refractivity contribution is -0.120. The van der Waals surface area contributed by atoms with Crippen molar-refractivity contribution in [3.05, 3.63) is 71.2 Å². The lowest BCUT2D eigenvalue weighted by Crippen LogP contribution is -2.50. The number of nitrogens with zero attached hydrogens (tertiary/aromatic N) is 2. The number of thiazole rings is 1. The Kier molecular flexibility index (Phi) is 5.85. The van der Waals surface area contributed by atoms with Gasteiger partial charge in [0.2, 0.25) is 15.9 Å². The third-order valence-corrected chi connectivity index (χ3v) is 7.47. The van der Waals surface area contributed by atoms with E-state index in [0.717, 1.165) is 11.1 Å². The van der Waals surface area contributed by atoms with Crippen LogP contribution in [0.5, 0.6) is 5.75 Å². The van der Waals surface area contributed by atoms with Crippen molar-refractivity contribution < 1.29 is 17.9 Å². The fourth-order valence-electron chi connectivity index (χ4n) is 3.46. The van der Waals surface area contributed by atoms with Crippen LogP contribution in [0.15, 0.2) is 65.0 Å². The van der Waals surface area contributed by atoms with Crippen LogP contribution >= 0.6 is 11.3 Å². The molecule has 0 radical (unpaired) electrons. The number of anilines is 1. The molecule has 0 spiro atoms. The number of fused-ring (bicyclic) bond motifs is 1. The maximum atomic E-state index is 13.5. The molecule has 1 aliphatic rings. The molecule has 1 aromatic heterocycles. The fourth-order valence-corrected chi connectivity index (χ4v) is 5.56. The van der Waals surface area contributed by atoms with Gasteiger partial charge in [0.15, 0.2) is 5.13 Å². The number of hydrogen-bond donors (Lipinski definition) is 1. The van der Waals surface area contributed by atoms with Crippen LogP contribution in [0.3, 0.4) is 0 Å². The summed E-state index contributed by atoms with van der Waals surface area (Å²) in [5, 5.41) is 4.94. The first-order chi connectivity index (χ1) is 14.5. The summed E-state index contributed by atoms with van der Waals surface area (Å²) in [5.41, 5.74) is 1.86. The Morgan fingerprint density at radius 3 is 2.60 bits per heavy atom. The van der Waals surface area contributed by atoms with E-state index < -0.39 is 22.0 Å². The minimum absolute atomic E-state index is 0.123. The van der Waals surface area contributed by atoms with Crippen molar-refractivity contribution in [3.8, 4) is 5.75 Å². The summed E-state index contributed by atoms with van der Waals surface area (Å²) in [7, 11) is -3.91. The molecule has 0 unspecified atom stereocenters. The molecule has 0 saturated heterocycles. The van der Waals surface area contributed by atoms with E-state index in [-0.39, 0.29) is 11.4 Å². The molecule has 7 nitrogen and oxygen atoms in total. The van der Waals surface area contributed by atoms with Crippen molar-refractivity contribution in [1.29, 1.82) is 0 Å². The maximum Gasteiger partial charge on any atom is 0.244 e. The summed E-state index contributed by atoms with van der Waals surface area (Å²) in [6, 6.07) is 13.0. The second kappa shape index (κ2) is 8.55. The van der Waals surface area contributed by atoms with Gasteiger partial charge in [-0.2, -0.15) is 4.31 Å². The topological polar surface area (TPSA) is 88.6 Å². The number of carbonyl (C=O) groups is 1. The van der Waals surface area contributed by atoms with Gasteiger partial charge in [0.1, 0.15) is 11.8 Å². The number of nitrogens with one attached hydrogen (secondary N) is 1. The third-order valence-electron chi connectivity index (χ3n) is 4.91. The van der Waals surface area contributed by atoms with Crippen molar-refractivity contribution in [2.45, 2.75) is 30.8 Å². The number of benzene rings is 2. The van der Waals surface area contributed by atoms with E-state index in [1.165, 1.54) is 27.8 Å². The van der Waals surface area contributed by atoms with Crippen LogP contribution in [0.2, 0.25) is 0 Å². The summed E-state index contributed by atoms with van der Waals surface area (Å²) in [6.07, 6.45) is 1.88. The van der Waals surface area contributed by atoms with Crippen LogP contribution in [-0.2, 0) is 27.8 Å². The summed E-state index contributed by atoms with van der Waals surface area (Å²) in [6.45, 7) is 2.48. The Morgan fingerprint density at radius 1 is 1.20 bits per heavy atom.